The van der Waals surface area contributed by atoms with Crippen LogP contribution in [0.1, 0.15) is 31.0 Å². The molecule has 0 fully saturated rings. The Balaban J connectivity index is 0.00000364. The number of aliphatic imine (C=N–C) groups is 1. The van der Waals surface area contributed by atoms with Crippen molar-refractivity contribution in [1.29, 1.82) is 0 Å². The van der Waals surface area contributed by atoms with Crippen molar-refractivity contribution < 1.29 is 13.7 Å². The van der Waals surface area contributed by atoms with Gasteiger partial charge in [-0.3, -0.25) is 10.1 Å². The summed E-state index contributed by atoms with van der Waals surface area (Å²) in [6, 6.07) is 9.59. The third-order valence-electron chi connectivity index (χ3n) is 3.71. The Labute approximate surface area is 173 Å². The van der Waals surface area contributed by atoms with Crippen LogP contribution in [-0.4, -0.2) is 17.4 Å². The van der Waals surface area contributed by atoms with E-state index in [9.17, 15) is 18.9 Å². The number of guanidine groups is 1. The summed E-state index contributed by atoms with van der Waals surface area (Å²) in [7, 11) is 0. The number of halogens is 3. The van der Waals surface area contributed by atoms with Gasteiger partial charge in [0.15, 0.2) is 17.6 Å². The zero-order valence-electron chi connectivity index (χ0n) is 14.9. The van der Waals surface area contributed by atoms with Crippen LogP contribution in [0, 0.1) is 21.7 Å². The lowest BCUT2D eigenvalue weighted by molar-refractivity contribution is -0.384. The number of nitrogens with zero attached hydrogens (tertiary/aromatic N) is 2. The van der Waals surface area contributed by atoms with E-state index >= 15 is 0 Å². The van der Waals surface area contributed by atoms with Gasteiger partial charge in [-0.2, -0.15) is 0 Å². The Hall–Kier alpha value is -2.30. The van der Waals surface area contributed by atoms with Crippen molar-refractivity contribution in [3.63, 3.8) is 0 Å². The van der Waals surface area contributed by atoms with Crippen LogP contribution in [0.3, 0.4) is 0 Å². The highest BCUT2D eigenvalue weighted by atomic mass is 127. The van der Waals surface area contributed by atoms with Crippen LogP contribution in [0.2, 0.25) is 0 Å². The first kappa shape index (κ1) is 22.7. The summed E-state index contributed by atoms with van der Waals surface area (Å²) >= 11 is 0. The monoisotopic (exact) mass is 490 g/mol. The fourth-order valence-corrected chi connectivity index (χ4v) is 2.28. The van der Waals surface area contributed by atoms with Crippen molar-refractivity contribution in [2.24, 2.45) is 4.99 Å². The van der Waals surface area contributed by atoms with E-state index in [0.29, 0.717) is 24.6 Å². The molecule has 2 aromatic carbocycles. The first-order valence-corrected chi connectivity index (χ1v) is 8.13. The molecule has 0 heterocycles. The maximum Gasteiger partial charge on any atom is 0.269 e. The molecule has 146 valence electrons. The first-order valence-electron chi connectivity index (χ1n) is 8.13. The second-order valence-corrected chi connectivity index (χ2v) is 5.66. The van der Waals surface area contributed by atoms with Gasteiger partial charge in [0, 0.05) is 18.7 Å². The molecular formula is C18H21F2IN4O2. The van der Waals surface area contributed by atoms with Crippen molar-refractivity contribution >= 4 is 35.6 Å². The predicted molar refractivity (Wildman–Crippen MR) is 111 cm³/mol. The van der Waals surface area contributed by atoms with Crippen molar-refractivity contribution in [1.82, 2.24) is 10.6 Å². The molecule has 0 spiro atoms. The van der Waals surface area contributed by atoms with Crippen molar-refractivity contribution in [3.05, 3.63) is 75.3 Å². The maximum atomic E-state index is 13.4. The quantitative estimate of drug-likeness (QED) is 0.208. The summed E-state index contributed by atoms with van der Waals surface area (Å²) in [5.74, 6) is -1.29. The summed E-state index contributed by atoms with van der Waals surface area (Å²) in [5.41, 5.74) is 1.42. The maximum absolute atomic E-state index is 13.4. The molecule has 0 saturated carbocycles. The smallest absolute Gasteiger partial charge is 0.269 e. The second kappa shape index (κ2) is 10.8. The highest BCUT2D eigenvalue weighted by Crippen LogP contribution is 2.16. The van der Waals surface area contributed by atoms with E-state index in [-0.39, 0.29) is 35.7 Å². The first-order chi connectivity index (χ1) is 12.4. The van der Waals surface area contributed by atoms with Crippen molar-refractivity contribution in [2.45, 2.75) is 26.4 Å². The largest absolute Gasteiger partial charge is 0.357 e. The highest BCUT2D eigenvalue weighted by molar-refractivity contribution is 14.0. The van der Waals surface area contributed by atoms with Gasteiger partial charge in [-0.15, -0.1) is 24.0 Å². The highest BCUT2D eigenvalue weighted by Gasteiger charge is 2.11. The van der Waals surface area contributed by atoms with Gasteiger partial charge in [-0.05, 0) is 37.1 Å². The zero-order chi connectivity index (χ0) is 19.1. The Morgan fingerprint density at radius 3 is 2.41 bits per heavy atom. The summed E-state index contributed by atoms with van der Waals surface area (Å²) in [5, 5.41) is 16.9. The number of hydrogen-bond donors (Lipinski definition) is 2. The molecule has 0 aliphatic heterocycles. The number of nitrogens with one attached hydrogen (secondary N) is 2. The molecule has 0 aliphatic rings. The van der Waals surface area contributed by atoms with Crippen LogP contribution in [-0.2, 0) is 6.54 Å². The molecule has 2 N–H and O–H groups in total. The topological polar surface area (TPSA) is 79.6 Å². The van der Waals surface area contributed by atoms with Crippen LogP contribution in [0.25, 0.3) is 0 Å². The fraction of sp³-hybridized carbons (Fsp3) is 0.278. The SMILES string of the molecule is CCNC(=NCc1ccc([N+](=O)[O-])cc1)NC(C)c1ccc(F)c(F)c1.I. The van der Waals surface area contributed by atoms with Gasteiger partial charge in [-0.25, -0.2) is 13.8 Å². The molecule has 0 radical (unpaired) electrons. The van der Waals surface area contributed by atoms with Gasteiger partial charge in [0.25, 0.3) is 5.69 Å². The third kappa shape index (κ3) is 6.74. The summed E-state index contributed by atoms with van der Waals surface area (Å²) in [4.78, 5) is 14.6. The van der Waals surface area contributed by atoms with Crippen LogP contribution in [0.5, 0.6) is 0 Å². The van der Waals surface area contributed by atoms with E-state index in [0.717, 1.165) is 17.7 Å². The average molecular weight is 490 g/mol. The van der Waals surface area contributed by atoms with E-state index in [2.05, 4.69) is 15.6 Å². The number of hydrogen-bond acceptors (Lipinski definition) is 3. The predicted octanol–water partition coefficient (Wildman–Crippen LogP) is 4.31. The fourth-order valence-electron chi connectivity index (χ4n) is 2.28. The second-order valence-electron chi connectivity index (χ2n) is 5.66. The lowest BCUT2D eigenvalue weighted by Gasteiger charge is -2.18. The minimum absolute atomic E-state index is 0. The molecule has 2 aromatic rings. The van der Waals surface area contributed by atoms with Gasteiger partial charge in [-0.1, -0.05) is 18.2 Å². The minimum atomic E-state index is -0.899. The molecule has 0 aromatic heterocycles. The van der Waals surface area contributed by atoms with Gasteiger partial charge in [0.2, 0.25) is 0 Å². The normalized spacial score (nSPS) is 12.1. The Kier molecular flexibility index (Phi) is 9.06. The van der Waals surface area contributed by atoms with Gasteiger partial charge >= 0.3 is 0 Å². The number of non-ortho nitro benzene ring substituents is 1. The third-order valence-corrected chi connectivity index (χ3v) is 3.71. The number of nitro benzene ring substituents is 1. The Morgan fingerprint density at radius 2 is 1.85 bits per heavy atom. The van der Waals surface area contributed by atoms with E-state index in [1.54, 1.807) is 12.1 Å². The van der Waals surface area contributed by atoms with E-state index in [4.69, 9.17) is 0 Å². The number of nitro groups is 1. The summed E-state index contributed by atoms with van der Waals surface area (Å²) in [6.45, 7) is 4.66. The molecule has 0 amide bonds. The van der Waals surface area contributed by atoms with Crippen LogP contribution < -0.4 is 10.6 Å². The molecule has 0 saturated heterocycles. The van der Waals surface area contributed by atoms with Crippen molar-refractivity contribution in [2.75, 3.05) is 6.54 Å². The summed E-state index contributed by atoms with van der Waals surface area (Å²) in [6.07, 6.45) is 0. The Morgan fingerprint density at radius 1 is 1.19 bits per heavy atom. The van der Waals surface area contributed by atoms with Crippen LogP contribution in [0.4, 0.5) is 14.5 Å². The number of rotatable bonds is 6. The standard InChI is InChI=1S/C18H20F2N4O2.HI/c1-3-21-18(22-11-13-4-7-15(8-5-13)24(25)26)23-12(2)14-6-9-16(19)17(20)10-14;/h4-10,12H,3,11H2,1-2H3,(H2,21,22,23);1H. The lowest BCUT2D eigenvalue weighted by Crippen LogP contribution is -2.38. The van der Waals surface area contributed by atoms with Crippen molar-refractivity contribution in [3.8, 4) is 0 Å². The molecule has 2 rings (SSSR count). The molecular weight excluding hydrogens is 469 g/mol. The van der Waals surface area contributed by atoms with Gasteiger partial charge < -0.3 is 10.6 Å². The van der Waals surface area contributed by atoms with E-state index in [1.165, 1.54) is 18.2 Å². The molecule has 27 heavy (non-hydrogen) atoms. The van der Waals surface area contributed by atoms with Gasteiger partial charge in [0.1, 0.15) is 0 Å². The molecule has 6 nitrogen and oxygen atoms in total. The van der Waals surface area contributed by atoms with E-state index in [1.807, 2.05) is 13.8 Å². The zero-order valence-corrected chi connectivity index (χ0v) is 17.2. The molecule has 1 atom stereocenters. The van der Waals surface area contributed by atoms with E-state index < -0.39 is 16.6 Å². The van der Waals surface area contributed by atoms with Crippen LogP contribution in [0.15, 0.2) is 47.5 Å². The van der Waals surface area contributed by atoms with Crippen LogP contribution >= 0.6 is 24.0 Å². The molecule has 0 bridgehead atoms. The number of benzene rings is 2. The Bertz CT molecular complexity index is 800. The average Bonchev–Trinajstić information content (AvgIpc) is 2.62. The molecule has 9 heteroatoms. The molecule has 0 aliphatic carbocycles. The summed E-state index contributed by atoms with van der Waals surface area (Å²) < 4.78 is 26.4. The molecule has 1 unspecified atom stereocenters. The minimum Gasteiger partial charge on any atom is -0.357 e. The van der Waals surface area contributed by atoms with Gasteiger partial charge in [0.05, 0.1) is 17.5 Å². The lowest BCUT2D eigenvalue weighted by atomic mass is 10.1.